The van der Waals surface area contributed by atoms with Crippen molar-refractivity contribution in [3.63, 3.8) is 0 Å². The number of nitrogens with zero attached hydrogens (tertiary/aromatic N) is 6. The van der Waals surface area contributed by atoms with Gasteiger partial charge in [0.15, 0.2) is 23.6 Å². The molecule has 3 aromatic rings. The third-order valence-corrected chi connectivity index (χ3v) is 7.81. The number of phosphoric ester groups is 1. The van der Waals surface area contributed by atoms with Gasteiger partial charge in [-0.15, -0.1) is 0 Å². The van der Waals surface area contributed by atoms with Gasteiger partial charge in [-0.25, -0.2) is 24.3 Å². The summed E-state index contributed by atoms with van der Waals surface area (Å²) < 4.78 is 48.2. The van der Waals surface area contributed by atoms with Crippen molar-refractivity contribution >= 4 is 24.9 Å². The Hall–Kier alpha value is -3.17. The topological polar surface area (TPSA) is 271 Å². The Morgan fingerprint density at radius 3 is 2.38 bits per heavy atom. The molecule has 230 valence electrons. The smallest absolute Gasteiger partial charge is 0.394 e. The molecule has 3 unspecified atom stereocenters. The Morgan fingerprint density at radius 1 is 1.05 bits per heavy atom. The van der Waals surface area contributed by atoms with Gasteiger partial charge in [0.2, 0.25) is 5.95 Å². The summed E-state index contributed by atoms with van der Waals surface area (Å²) >= 11 is 0. The quantitative estimate of drug-likeness (QED) is 0.145. The molecule has 5 rings (SSSR count). The number of hydrogen-bond donors (Lipinski definition) is 5. The van der Waals surface area contributed by atoms with E-state index in [1.165, 1.54) is 25.1 Å². The van der Waals surface area contributed by atoms with E-state index >= 15 is 0 Å². The van der Waals surface area contributed by atoms with E-state index in [0.29, 0.717) is 5.82 Å². The molecule has 9 atom stereocenters. The van der Waals surface area contributed by atoms with Gasteiger partial charge < -0.3 is 44.8 Å². The third kappa shape index (κ3) is 5.61. The average Bonchev–Trinajstić information content (AvgIpc) is 3.60. The molecule has 0 amide bonds. The van der Waals surface area contributed by atoms with Crippen molar-refractivity contribution in [3.8, 4) is 0 Å². The zero-order valence-electron chi connectivity index (χ0n) is 22.4. The van der Waals surface area contributed by atoms with Gasteiger partial charge in [0.05, 0.1) is 19.5 Å². The summed E-state index contributed by atoms with van der Waals surface area (Å²) in [5, 5.41) is 20.7. The van der Waals surface area contributed by atoms with Gasteiger partial charge in [0, 0.05) is 14.2 Å². The average molecular weight is 616 g/mol. The maximum absolute atomic E-state index is 13.0. The number of aliphatic hydroxyl groups excluding tert-OH is 2. The van der Waals surface area contributed by atoms with Crippen LogP contribution in [0.2, 0.25) is 0 Å². The van der Waals surface area contributed by atoms with Gasteiger partial charge in [-0.1, -0.05) is 0 Å². The van der Waals surface area contributed by atoms with Gasteiger partial charge >= 0.3 is 13.5 Å². The Kier molecular flexibility index (Phi) is 8.54. The molecule has 2 saturated heterocycles. The minimum atomic E-state index is -4.93. The first-order chi connectivity index (χ1) is 20.0. The van der Waals surface area contributed by atoms with Crippen LogP contribution in [0.5, 0.6) is 0 Å². The number of ether oxygens (including phenoxy) is 4. The second kappa shape index (κ2) is 11.8. The fourth-order valence-electron chi connectivity index (χ4n) is 4.90. The fourth-order valence-corrected chi connectivity index (χ4v) is 5.86. The molecule has 0 spiro atoms. The lowest BCUT2D eigenvalue weighted by molar-refractivity contribution is -0.0665. The lowest BCUT2D eigenvalue weighted by atomic mass is 10.1. The summed E-state index contributed by atoms with van der Waals surface area (Å²) in [6.45, 7) is 0.264. The van der Waals surface area contributed by atoms with Gasteiger partial charge in [0.25, 0.3) is 5.56 Å². The molecular formula is C21H29N8O12P. The van der Waals surface area contributed by atoms with Crippen LogP contribution >= 0.6 is 7.82 Å². The Balaban J connectivity index is 1.31. The molecule has 2 aliphatic rings. The van der Waals surface area contributed by atoms with Crippen molar-refractivity contribution in [3.05, 3.63) is 39.3 Å². The van der Waals surface area contributed by atoms with Crippen molar-refractivity contribution in [1.29, 1.82) is 0 Å². The minimum Gasteiger partial charge on any atom is -0.394 e. The molecule has 0 aromatic carbocycles. The van der Waals surface area contributed by atoms with Gasteiger partial charge in [-0.3, -0.25) is 23.0 Å². The molecular weight excluding hydrogens is 587 g/mol. The SMILES string of the molecule is COC1[C@@H](O)[C@@H](COP(=O)(O)O[C@@H]2C(OC)[C@H](n3cnc4c(=O)[nH]c(C)nc43)O[C@@H]2CO)O[C@H]1n1cnc(N)nc1=O. The number of imidazole rings is 1. The number of aromatic amines is 1. The van der Waals surface area contributed by atoms with Crippen molar-refractivity contribution in [2.75, 3.05) is 33.2 Å². The van der Waals surface area contributed by atoms with E-state index in [-0.39, 0.29) is 17.1 Å². The molecule has 2 aliphatic heterocycles. The van der Waals surface area contributed by atoms with Gasteiger partial charge in [0.1, 0.15) is 48.8 Å². The van der Waals surface area contributed by atoms with Crippen LogP contribution in [0.25, 0.3) is 11.2 Å². The number of aromatic nitrogens is 7. The highest BCUT2D eigenvalue weighted by Gasteiger charge is 2.51. The highest BCUT2D eigenvalue weighted by Crippen LogP contribution is 2.49. The molecule has 0 aliphatic carbocycles. The number of aliphatic hydroxyl groups is 2. The van der Waals surface area contributed by atoms with Crippen LogP contribution in [0.1, 0.15) is 18.3 Å². The number of fused-ring (bicyclic) bond motifs is 1. The monoisotopic (exact) mass is 616 g/mol. The zero-order chi connectivity index (χ0) is 30.3. The van der Waals surface area contributed by atoms with Crippen LogP contribution in [-0.4, -0.2) is 113 Å². The zero-order valence-corrected chi connectivity index (χ0v) is 23.3. The molecule has 21 heteroatoms. The van der Waals surface area contributed by atoms with Crippen molar-refractivity contribution in [2.24, 2.45) is 0 Å². The molecule has 0 bridgehead atoms. The summed E-state index contributed by atoms with van der Waals surface area (Å²) in [6.07, 6.45) is -7.31. The second-order valence-electron chi connectivity index (χ2n) is 9.42. The number of anilines is 1. The van der Waals surface area contributed by atoms with Crippen LogP contribution in [0.15, 0.2) is 22.2 Å². The van der Waals surface area contributed by atoms with E-state index in [1.54, 1.807) is 6.92 Å². The Bertz CT molecular complexity index is 1600. The number of nitrogens with one attached hydrogen (secondary N) is 1. The van der Waals surface area contributed by atoms with E-state index in [2.05, 4.69) is 24.9 Å². The molecule has 20 nitrogen and oxygen atoms in total. The normalized spacial score (nSPS) is 31.1. The number of hydrogen-bond acceptors (Lipinski definition) is 16. The molecule has 42 heavy (non-hydrogen) atoms. The highest BCUT2D eigenvalue weighted by atomic mass is 31.2. The molecule has 5 heterocycles. The first-order valence-electron chi connectivity index (χ1n) is 12.4. The van der Waals surface area contributed by atoms with Crippen LogP contribution in [0, 0.1) is 6.92 Å². The standard InChI is InChI=1S/C21H29N8O12P/c1-8-25-16-11(17(32)26-8)23-6-28(16)19-15(37-3)13(9(4-30)39-19)41-42(34,35)38-5-10-12(31)14(36-2)18(40-10)29-7-24-20(22)27-21(29)33/h6-7,9-10,12-15,18-19,30-31H,4-5H2,1-3H3,(H,34,35)(H2,22,27,33)(H,25,26,32)/t9-,10-,12+,13+,14?,15?,18-,19-/m1/s1. The summed E-state index contributed by atoms with van der Waals surface area (Å²) in [5.74, 6) is 0.0426. The van der Waals surface area contributed by atoms with Crippen molar-refractivity contribution in [1.82, 2.24) is 34.1 Å². The number of methoxy groups -OCH3 is 2. The van der Waals surface area contributed by atoms with Crippen molar-refractivity contribution in [2.45, 2.75) is 56.0 Å². The molecule has 6 N–H and O–H groups in total. The predicted molar refractivity (Wildman–Crippen MR) is 137 cm³/mol. The first-order valence-corrected chi connectivity index (χ1v) is 13.9. The highest BCUT2D eigenvalue weighted by molar-refractivity contribution is 7.47. The van der Waals surface area contributed by atoms with E-state index in [9.17, 15) is 29.3 Å². The summed E-state index contributed by atoms with van der Waals surface area (Å²) in [5.41, 5.74) is 4.30. The largest absolute Gasteiger partial charge is 0.472 e. The lowest BCUT2D eigenvalue weighted by Crippen LogP contribution is -2.38. The maximum Gasteiger partial charge on any atom is 0.472 e. The van der Waals surface area contributed by atoms with Gasteiger partial charge in [-0.05, 0) is 6.92 Å². The van der Waals surface area contributed by atoms with Crippen LogP contribution in [0.4, 0.5) is 5.95 Å². The summed E-state index contributed by atoms with van der Waals surface area (Å²) in [7, 11) is -2.37. The first kappa shape index (κ1) is 30.3. The van der Waals surface area contributed by atoms with E-state index < -0.39 is 81.4 Å². The number of H-pyrrole nitrogens is 1. The van der Waals surface area contributed by atoms with E-state index in [0.717, 1.165) is 10.9 Å². The fraction of sp³-hybridized carbons (Fsp3) is 0.619. The summed E-state index contributed by atoms with van der Waals surface area (Å²) in [4.78, 5) is 53.2. The van der Waals surface area contributed by atoms with Crippen molar-refractivity contribution < 1.29 is 47.7 Å². The number of rotatable bonds is 10. The Labute approximate surface area is 235 Å². The van der Waals surface area contributed by atoms with E-state index in [4.69, 9.17) is 33.7 Å². The number of phosphoric acid groups is 1. The lowest BCUT2D eigenvalue weighted by Gasteiger charge is -2.25. The van der Waals surface area contributed by atoms with E-state index in [1.807, 2.05) is 0 Å². The van der Waals surface area contributed by atoms with Crippen LogP contribution in [0.3, 0.4) is 0 Å². The number of nitrogens with two attached hydrogens (primary N) is 1. The second-order valence-corrected chi connectivity index (χ2v) is 10.8. The number of nitrogen functional groups attached to an aromatic ring is 1. The van der Waals surface area contributed by atoms with Crippen LogP contribution in [-0.2, 0) is 32.6 Å². The molecule has 2 fully saturated rings. The van der Waals surface area contributed by atoms with Gasteiger partial charge in [-0.2, -0.15) is 4.98 Å². The molecule has 0 saturated carbocycles. The minimum absolute atomic E-state index is 0.0238. The van der Waals surface area contributed by atoms with Crippen LogP contribution < -0.4 is 17.0 Å². The Morgan fingerprint density at radius 2 is 1.71 bits per heavy atom. The molecule has 3 aromatic heterocycles. The number of aryl methyl sites for hydroxylation is 1. The maximum atomic E-state index is 13.0. The third-order valence-electron chi connectivity index (χ3n) is 6.82. The molecule has 0 radical (unpaired) electrons. The summed E-state index contributed by atoms with van der Waals surface area (Å²) in [6, 6.07) is 0. The predicted octanol–water partition coefficient (Wildman–Crippen LogP) is -2.66.